The number of rotatable bonds is 6. The van der Waals surface area contributed by atoms with E-state index in [1.807, 2.05) is 6.92 Å². The molecule has 6 nitrogen and oxygen atoms in total. The molecule has 0 aliphatic carbocycles. The Bertz CT molecular complexity index is 391. The van der Waals surface area contributed by atoms with Crippen molar-refractivity contribution in [1.29, 1.82) is 0 Å². The molecule has 0 saturated heterocycles. The molecule has 0 saturated carbocycles. The predicted molar refractivity (Wildman–Crippen MR) is 58.7 cm³/mol. The van der Waals surface area contributed by atoms with Crippen LogP contribution in [0.15, 0.2) is 10.6 Å². The molecule has 0 aliphatic heterocycles. The summed E-state index contributed by atoms with van der Waals surface area (Å²) in [6.45, 7) is 2.27. The number of nitrogens with one attached hydrogen (secondary N) is 1. The molecular formula is C9H14N2O4S. The molecule has 1 rings (SSSR count). The van der Waals surface area contributed by atoms with Crippen LogP contribution in [0.2, 0.25) is 0 Å². The molecule has 0 aromatic carbocycles. The van der Waals surface area contributed by atoms with Gasteiger partial charge in [0.05, 0.1) is 6.54 Å². The molecular weight excluding hydrogens is 232 g/mol. The zero-order chi connectivity index (χ0) is 12.1. The Morgan fingerprint density at radius 2 is 2.44 bits per heavy atom. The summed E-state index contributed by atoms with van der Waals surface area (Å²) in [5.74, 6) is -0.122. The van der Waals surface area contributed by atoms with Gasteiger partial charge in [-0.25, -0.2) is 4.79 Å². The zero-order valence-corrected chi connectivity index (χ0v) is 9.91. The standard InChI is InChI=1S/C9H14N2O4S/c1-6(5-16(2)14)10-4-7-3-8(9(12)13)11-15-7/h3,6,10H,4-5H2,1-2H3,(H,12,13). The summed E-state index contributed by atoms with van der Waals surface area (Å²) in [4.78, 5) is 10.5. The number of carboxylic acid groups (broad SMARTS) is 1. The number of carbonyl (C=O) groups is 1. The van der Waals surface area contributed by atoms with E-state index in [-0.39, 0.29) is 11.7 Å². The first-order chi connectivity index (χ1) is 7.49. The van der Waals surface area contributed by atoms with Crippen LogP contribution in [0.3, 0.4) is 0 Å². The van der Waals surface area contributed by atoms with Gasteiger partial charge in [0.15, 0.2) is 11.5 Å². The average molecular weight is 246 g/mol. The first-order valence-corrected chi connectivity index (χ1v) is 6.44. The van der Waals surface area contributed by atoms with Crippen molar-refractivity contribution >= 4 is 16.8 Å². The van der Waals surface area contributed by atoms with Gasteiger partial charge in [-0.2, -0.15) is 0 Å². The number of carboxylic acids is 1. The van der Waals surface area contributed by atoms with E-state index < -0.39 is 16.8 Å². The normalized spacial score (nSPS) is 14.6. The molecule has 2 atom stereocenters. The SMILES string of the molecule is CC(CS(C)=O)NCc1cc(C(=O)O)no1. The topological polar surface area (TPSA) is 92.4 Å². The number of nitrogens with zero attached hydrogens (tertiary/aromatic N) is 1. The summed E-state index contributed by atoms with van der Waals surface area (Å²) in [5, 5.41) is 15.1. The minimum Gasteiger partial charge on any atom is -0.476 e. The van der Waals surface area contributed by atoms with Crippen LogP contribution in [-0.4, -0.2) is 38.5 Å². The fraction of sp³-hybridized carbons (Fsp3) is 0.556. The van der Waals surface area contributed by atoms with Gasteiger partial charge in [0.25, 0.3) is 0 Å². The molecule has 16 heavy (non-hydrogen) atoms. The van der Waals surface area contributed by atoms with E-state index in [4.69, 9.17) is 9.63 Å². The van der Waals surface area contributed by atoms with Gasteiger partial charge >= 0.3 is 5.97 Å². The average Bonchev–Trinajstić information content (AvgIpc) is 2.61. The van der Waals surface area contributed by atoms with Gasteiger partial charge < -0.3 is 14.9 Å². The maximum atomic E-state index is 10.9. The van der Waals surface area contributed by atoms with Crippen molar-refractivity contribution in [2.24, 2.45) is 0 Å². The van der Waals surface area contributed by atoms with E-state index in [2.05, 4.69) is 10.5 Å². The molecule has 0 bridgehead atoms. The van der Waals surface area contributed by atoms with E-state index in [0.717, 1.165) is 0 Å². The van der Waals surface area contributed by atoms with Crippen LogP contribution in [0.25, 0.3) is 0 Å². The van der Waals surface area contributed by atoms with Crippen LogP contribution >= 0.6 is 0 Å². The summed E-state index contributed by atoms with van der Waals surface area (Å²) < 4.78 is 15.7. The van der Waals surface area contributed by atoms with Gasteiger partial charge in [-0.15, -0.1) is 0 Å². The number of hydrogen-bond donors (Lipinski definition) is 2. The summed E-state index contributed by atoms with van der Waals surface area (Å²) in [5.41, 5.74) is -0.108. The second-order valence-electron chi connectivity index (χ2n) is 3.51. The fourth-order valence-electron chi connectivity index (χ4n) is 1.18. The monoisotopic (exact) mass is 246 g/mol. The lowest BCUT2D eigenvalue weighted by Crippen LogP contribution is -2.30. The van der Waals surface area contributed by atoms with Crippen molar-refractivity contribution in [3.63, 3.8) is 0 Å². The Balaban J connectivity index is 2.42. The van der Waals surface area contributed by atoms with Gasteiger partial charge in [-0.3, -0.25) is 4.21 Å². The summed E-state index contributed by atoms with van der Waals surface area (Å²) in [6.07, 6.45) is 1.63. The Morgan fingerprint density at radius 3 is 2.94 bits per heavy atom. The van der Waals surface area contributed by atoms with Crippen molar-refractivity contribution in [2.75, 3.05) is 12.0 Å². The molecule has 0 fully saturated rings. The van der Waals surface area contributed by atoms with Crippen LogP contribution in [0.5, 0.6) is 0 Å². The number of aromatic carboxylic acids is 1. The Hall–Kier alpha value is -1.21. The van der Waals surface area contributed by atoms with Gasteiger partial charge in [0.2, 0.25) is 0 Å². The van der Waals surface area contributed by atoms with Gasteiger partial charge in [0.1, 0.15) is 0 Å². The molecule has 0 amide bonds. The largest absolute Gasteiger partial charge is 0.476 e. The molecule has 2 N–H and O–H groups in total. The van der Waals surface area contributed by atoms with Crippen molar-refractivity contribution in [3.8, 4) is 0 Å². The first-order valence-electron chi connectivity index (χ1n) is 4.71. The van der Waals surface area contributed by atoms with E-state index in [1.165, 1.54) is 6.07 Å². The lowest BCUT2D eigenvalue weighted by molar-refractivity contribution is 0.0685. The second-order valence-corrected chi connectivity index (χ2v) is 4.99. The van der Waals surface area contributed by atoms with Crippen LogP contribution in [0.4, 0.5) is 0 Å². The third-order valence-corrected chi connectivity index (χ3v) is 2.86. The predicted octanol–water partition coefficient (Wildman–Crippen LogP) is 0.229. The first kappa shape index (κ1) is 12.9. The van der Waals surface area contributed by atoms with E-state index >= 15 is 0 Å². The summed E-state index contributed by atoms with van der Waals surface area (Å²) in [7, 11) is -0.859. The molecule has 0 radical (unpaired) electrons. The number of hydrogen-bond acceptors (Lipinski definition) is 5. The molecule has 0 aliphatic rings. The zero-order valence-electron chi connectivity index (χ0n) is 9.10. The Kier molecular flexibility index (Phi) is 4.63. The smallest absolute Gasteiger partial charge is 0.358 e. The molecule has 90 valence electrons. The molecule has 2 unspecified atom stereocenters. The third-order valence-electron chi connectivity index (χ3n) is 1.89. The van der Waals surface area contributed by atoms with Crippen LogP contribution in [0.1, 0.15) is 23.2 Å². The minimum atomic E-state index is -1.11. The van der Waals surface area contributed by atoms with Crippen molar-refractivity contribution < 1.29 is 18.6 Å². The van der Waals surface area contributed by atoms with Crippen molar-refractivity contribution in [2.45, 2.75) is 19.5 Å². The number of aromatic nitrogens is 1. The second kappa shape index (κ2) is 5.76. The summed E-state index contributed by atoms with van der Waals surface area (Å²) >= 11 is 0. The lowest BCUT2D eigenvalue weighted by atomic mass is 10.3. The molecule has 1 aromatic rings. The summed E-state index contributed by atoms with van der Waals surface area (Å²) in [6, 6.07) is 1.44. The fourth-order valence-corrected chi connectivity index (χ4v) is 2.00. The van der Waals surface area contributed by atoms with Crippen molar-refractivity contribution in [3.05, 3.63) is 17.5 Å². The van der Waals surface area contributed by atoms with E-state index in [0.29, 0.717) is 18.1 Å². The minimum absolute atomic E-state index is 0.0733. The Labute approximate surface area is 95.5 Å². The van der Waals surface area contributed by atoms with Crippen molar-refractivity contribution in [1.82, 2.24) is 10.5 Å². The highest BCUT2D eigenvalue weighted by Gasteiger charge is 2.11. The molecule has 1 aromatic heterocycles. The van der Waals surface area contributed by atoms with Gasteiger partial charge in [-0.05, 0) is 6.92 Å². The van der Waals surface area contributed by atoms with Crippen LogP contribution < -0.4 is 5.32 Å². The van der Waals surface area contributed by atoms with Gasteiger partial charge in [-0.1, -0.05) is 5.16 Å². The highest BCUT2D eigenvalue weighted by Crippen LogP contribution is 2.03. The van der Waals surface area contributed by atoms with E-state index in [9.17, 15) is 9.00 Å². The molecule has 0 spiro atoms. The maximum Gasteiger partial charge on any atom is 0.358 e. The van der Waals surface area contributed by atoms with Gasteiger partial charge in [0, 0.05) is 34.9 Å². The van der Waals surface area contributed by atoms with Crippen LogP contribution in [-0.2, 0) is 17.3 Å². The quantitative estimate of drug-likeness (QED) is 0.746. The highest BCUT2D eigenvalue weighted by molar-refractivity contribution is 7.84. The molecule has 1 heterocycles. The Morgan fingerprint density at radius 1 is 1.75 bits per heavy atom. The third kappa shape index (κ3) is 4.11. The van der Waals surface area contributed by atoms with Crippen LogP contribution in [0, 0.1) is 0 Å². The molecule has 7 heteroatoms. The maximum absolute atomic E-state index is 10.9. The highest BCUT2D eigenvalue weighted by atomic mass is 32.2. The lowest BCUT2D eigenvalue weighted by Gasteiger charge is -2.09. The van der Waals surface area contributed by atoms with E-state index in [1.54, 1.807) is 6.26 Å².